The first-order valence-corrected chi connectivity index (χ1v) is 5.90. The molecule has 1 saturated heterocycles. The Morgan fingerprint density at radius 1 is 1.32 bits per heavy atom. The van der Waals surface area contributed by atoms with E-state index >= 15 is 0 Å². The predicted octanol–water partition coefficient (Wildman–Crippen LogP) is 2.38. The minimum absolute atomic E-state index is 0.0122. The van der Waals surface area contributed by atoms with Crippen LogP contribution >= 0.6 is 0 Å². The van der Waals surface area contributed by atoms with Crippen LogP contribution in [0.4, 0.5) is 5.69 Å². The lowest BCUT2D eigenvalue weighted by Gasteiger charge is -2.18. The van der Waals surface area contributed by atoms with Crippen molar-refractivity contribution >= 4 is 11.7 Å². The molecule has 0 saturated carbocycles. The van der Waals surface area contributed by atoms with Crippen molar-refractivity contribution in [2.24, 2.45) is 0 Å². The highest BCUT2D eigenvalue weighted by Crippen LogP contribution is 2.40. The average Bonchev–Trinajstić information content (AvgIpc) is 3.06. The maximum atomic E-state index is 11.7. The summed E-state index contributed by atoms with van der Waals surface area (Å²) < 4.78 is 10.5. The van der Waals surface area contributed by atoms with Gasteiger partial charge in [-0.1, -0.05) is 0 Å². The number of ether oxygens (including phenoxy) is 2. The molecule has 0 aromatic heterocycles. The Hall–Kier alpha value is -1.95. The number of carbonyl (C=O) groups excluding carboxylic acids is 1. The molecule has 6 heteroatoms. The highest BCUT2D eigenvalue weighted by Gasteiger charge is 2.48. The molecular formula is C13H15NO5. The van der Waals surface area contributed by atoms with Crippen LogP contribution in [0.1, 0.15) is 32.4 Å². The third kappa shape index (κ3) is 3.29. The Labute approximate surface area is 110 Å². The fraction of sp³-hybridized carbons (Fsp3) is 0.462. The summed E-state index contributed by atoms with van der Waals surface area (Å²) in [5.74, 6) is -0.407. The smallest absolute Gasteiger partial charge is 0.338 e. The zero-order valence-electron chi connectivity index (χ0n) is 11.0. The molecule has 0 bridgehead atoms. The van der Waals surface area contributed by atoms with Gasteiger partial charge in [-0.15, -0.1) is 0 Å². The van der Waals surface area contributed by atoms with Crippen molar-refractivity contribution in [3.05, 3.63) is 39.9 Å². The summed E-state index contributed by atoms with van der Waals surface area (Å²) in [6.07, 6.45) is -0.976. The van der Waals surface area contributed by atoms with E-state index in [2.05, 4.69) is 0 Å². The number of nitro groups is 1. The van der Waals surface area contributed by atoms with E-state index in [0.717, 1.165) is 5.56 Å². The zero-order chi connectivity index (χ0) is 14.2. The van der Waals surface area contributed by atoms with Gasteiger partial charge in [-0.25, -0.2) is 4.79 Å². The van der Waals surface area contributed by atoms with E-state index in [0.29, 0.717) is 0 Å². The zero-order valence-corrected chi connectivity index (χ0v) is 11.0. The van der Waals surface area contributed by atoms with Gasteiger partial charge >= 0.3 is 5.97 Å². The lowest BCUT2D eigenvalue weighted by molar-refractivity contribution is -0.384. The van der Waals surface area contributed by atoms with Gasteiger partial charge in [0.25, 0.3) is 5.69 Å². The van der Waals surface area contributed by atoms with E-state index < -0.39 is 22.6 Å². The summed E-state index contributed by atoms with van der Waals surface area (Å²) in [7, 11) is 0. The van der Waals surface area contributed by atoms with E-state index in [9.17, 15) is 14.9 Å². The van der Waals surface area contributed by atoms with Crippen molar-refractivity contribution in [1.82, 2.24) is 0 Å². The number of esters is 1. The molecule has 6 nitrogen and oxygen atoms in total. The Balaban J connectivity index is 1.99. The fourth-order valence-corrected chi connectivity index (χ4v) is 1.69. The number of nitrogens with zero attached hydrogens (tertiary/aromatic N) is 1. The number of hydrogen-bond donors (Lipinski definition) is 0. The second-order valence-electron chi connectivity index (χ2n) is 5.36. The molecule has 19 heavy (non-hydrogen) atoms. The summed E-state index contributed by atoms with van der Waals surface area (Å²) in [4.78, 5) is 21.8. The van der Waals surface area contributed by atoms with E-state index in [-0.39, 0.29) is 11.8 Å². The molecule has 0 spiro atoms. The summed E-state index contributed by atoms with van der Waals surface area (Å²) in [5, 5.41) is 10.5. The monoisotopic (exact) mass is 265 g/mol. The van der Waals surface area contributed by atoms with Crippen LogP contribution in [0.3, 0.4) is 0 Å². The fourth-order valence-electron chi connectivity index (χ4n) is 1.69. The largest absolute Gasteiger partial charge is 0.458 e. The maximum Gasteiger partial charge on any atom is 0.338 e. The second kappa shape index (κ2) is 4.62. The molecule has 1 aliphatic rings. The number of carbonyl (C=O) groups is 1. The molecule has 0 aliphatic carbocycles. The summed E-state index contributed by atoms with van der Waals surface area (Å²) in [6, 6.07) is 5.96. The van der Waals surface area contributed by atoms with Crippen molar-refractivity contribution in [3.63, 3.8) is 0 Å². The van der Waals surface area contributed by atoms with Gasteiger partial charge in [0.1, 0.15) is 11.7 Å². The first-order chi connectivity index (χ1) is 8.78. The number of hydrogen-bond acceptors (Lipinski definition) is 5. The predicted molar refractivity (Wildman–Crippen MR) is 66.6 cm³/mol. The lowest BCUT2D eigenvalue weighted by Crippen LogP contribution is -2.26. The Morgan fingerprint density at radius 3 is 2.37 bits per heavy atom. The van der Waals surface area contributed by atoms with Crippen molar-refractivity contribution in [3.8, 4) is 0 Å². The summed E-state index contributed by atoms with van der Waals surface area (Å²) >= 11 is 0. The molecule has 1 aromatic rings. The number of benzene rings is 1. The third-order valence-electron chi connectivity index (χ3n) is 2.56. The minimum Gasteiger partial charge on any atom is -0.458 e. The molecule has 0 amide bonds. The quantitative estimate of drug-likeness (QED) is 0.362. The van der Waals surface area contributed by atoms with E-state index in [4.69, 9.17) is 9.47 Å². The molecule has 102 valence electrons. The Bertz CT molecular complexity index is 503. The van der Waals surface area contributed by atoms with Crippen LogP contribution in [-0.2, 0) is 14.3 Å². The number of rotatable bonds is 3. The third-order valence-corrected chi connectivity index (χ3v) is 2.56. The topological polar surface area (TPSA) is 82.0 Å². The van der Waals surface area contributed by atoms with E-state index in [1.807, 2.05) is 0 Å². The first-order valence-electron chi connectivity index (χ1n) is 5.90. The van der Waals surface area contributed by atoms with Gasteiger partial charge in [-0.2, -0.15) is 0 Å². The van der Waals surface area contributed by atoms with Crippen molar-refractivity contribution < 1.29 is 19.2 Å². The van der Waals surface area contributed by atoms with Gasteiger partial charge in [0.2, 0.25) is 0 Å². The van der Waals surface area contributed by atoms with Crippen molar-refractivity contribution in [2.45, 2.75) is 38.6 Å². The highest BCUT2D eigenvalue weighted by molar-refractivity contribution is 5.78. The molecule has 0 radical (unpaired) electrons. The SMILES string of the molecule is CC(C)(C)OC(=O)[C@H]1O[C@H]1c1ccc([N+](=O)[O-])cc1. The van der Waals surface area contributed by atoms with Crippen LogP contribution in [-0.4, -0.2) is 22.6 Å². The van der Waals surface area contributed by atoms with Crippen molar-refractivity contribution in [2.75, 3.05) is 0 Å². The van der Waals surface area contributed by atoms with Crippen LogP contribution in [0, 0.1) is 10.1 Å². The van der Waals surface area contributed by atoms with Crippen LogP contribution in [0.2, 0.25) is 0 Å². The van der Waals surface area contributed by atoms with Crippen molar-refractivity contribution in [1.29, 1.82) is 0 Å². The van der Waals surface area contributed by atoms with Gasteiger partial charge in [0.15, 0.2) is 6.10 Å². The molecule has 1 fully saturated rings. The van der Waals surface area contributed by atoms with E-state index in [1.165, 1.54) is 12.1 Å². The average molecular weight is 265 g/mol. The van der Waals surface area contributed by atoms with Crippen LogP contribution in [0.25, 0.3) is 0 Å². The highest BCUT2D eigenvalue weighted by atomic mass is 16.6. The lowest BCUT2D eigenvalue weighted by atomic mass is 10.1. The molecular weight excluding hydrogens is 250 g/mol. The molecule has 2 rings (SSSR count). The Kier molecular flexibility index (Phi) is 3.28. The number of nitro benzene ring substituents is 1. The van der Waals surface area contributed by atoms with Crippen LogP contribution in [0.5, 0.6) is 0 Å². The van der Waals surface area contributed by atoms with Gasteiger partial charge in [-0.05, 0) is 38.5 Å². The van der Waals surface area contributed by atoms with Gasteiger partial charge in [0, 0.05) is 12.1 Å². The molecule has 0 N–H and O–H groups in total. The molecule has 1 aliphatic heterocycles. The maximum absolute atomic E-state index is 11.7. The minimum atomic E-state index is -0.610. The van der Waals surface area contributed by atoms with Gasteiger partial charge < -0.3 is 9.47 Å². The standard InChI is InChI=1S/C13H15NO5/c1-13(2,3)19-12(15)11-10(18-11)8-4-6-9(7-5-8)14(16)17/h4-7,10-11H,1-3H3/t10-,11-/m0/s1. The molecule has 1 heterocycles. The Morgan fingerprint density at radius 2 is 1.89 bits per heavy atom. The second-order valence-corrected chi connectivity index (χ2v) is 5.36. The first kappa shape index (κ1) is 13.5. The van der Waals surface area contributed by atoms with Gasteiger partial charge in [-0.3, -0.25) is 10.1 Å². The number of epoxide rings is 1. The van der Waals surface area contributed by atoms with Crippen LogP contribution < -0.4 is 0 Å². The van der Waals surface area contributed by atoms with Gasteiger partial charge in [0.05, 0.1) is 4.92 Å². The summed E-state index contributed by atoms with van der Waals surface area (Å²) in [6.45, 7) is 5.36. The molecule has 1 aromatic carbocycles. The van der Waals surface area contributed by atoms with Crippen LogP contribution in [0.15, 0.2) is 24.3 Å². The van der Waals surface area contributed by atoms with E-state index in [1.54, 1.807) is 32.9 Å². The normalized spacial score (nSPS) is 21.8. The molecule has 2 atom stereocenters. The number of non-ortho nitro benzene ring substituents is 1. The molecule has 0 unspecified atom stereocenters. The summed E-state index contributed by atoms with van der Waals surface area (Å²) in [5.41, 5.74) is 0.197.